The molecule has 0 aromatic carbocycles. The molecule has 64 valence electrons. The van der Waals surface area contributed by atoms with Crippen LogP contribution in [0.5, 0.6) is 0 Å². The molecule has 0 aliphatic carbocycles. The van der Waals surface area contributed by atoms with Gasteiger partial charge in [0.15, 0.2) is 0 Å². The van der Waals surface area contributed by atoms with Crippen LogP contribution < -0.4 is 0 Å². The summed E-state index contributed by atoms with van der Waals surface area (Å²) in [7, 11) is 0. The van der Waals surface area contributed by atoms with Crippen molar-refractivity contribution in [3.63, 3.8) is 0 Å². The fourth-order valence-corrected chi connectivity index (χ4v) is 0.817. The van der Waals surface area contributed by atoms with Gasteiger partial charge in [0, 0.05) is 0 Å². The third-order valence-corrected chi connectivity index (χ3v) is 1.31. The van der Waals surface area contributed by atoms with E-state index in [1.807, 2.05) is 0 Å². The zero-order chi connectivity index (χ0) is 8.97. The topological polar surface area (TPSA) is 58.9 Å². The number of hydrogen-bond acceptors (Lipinski definition) is 4. The third-order valence-electron chi connectivity index (χ3n) is 1.13. The Kier molecular flexibility index (Phi) is 2.99. The van der Waals surface area contributed by atoms with Crippen molar-refractivity contribution in [1.82, 2.24) is 9.97 Å². The van der Waals surface area contributed by atoms with E-state index < -0.39 is 0 Å². The molecule has 1 N–H and O–H groups in total. The summed E-state index contributed by atoms with van der Waals surface area (Å²) in [6, 6.07) is 0. The molecule has 0 spiro atoms. The van der Waals surface area contributed by atoms with Crippen LogP contribution in [0, 0.1) is 5.41 Å². The highest BCUT2D eigenvalue weighted by molar-refractivity contribution is 6.29. The molecule has 0 atom stereocenters. The van der Waals surface area contributed by atoms with Crippen LogP contribution in [0.1, 0.15) is 12.6 Å². The molecule has 0 radical (unpaired) electrons. The Balaban J connectivity index is 2.81. The standard InChI is InChI=1S/C7H8ClN3O/c1-2-12-7(9)5-3-10-4-6(8)11-5/h3-4,9H,2H2,1H3. The molecular weight excluding hydrogens is 178 g/mol. The molecule has 0 saturated heterocycles. The van der Waals surface area contributed by atoms with Crippen molar-refractivity contribution in [2.75, 3.05) is 6.61 Å². The second-order valence-electron chi connectivity index (χ2n) is 1.99. The van der Waals surface area contributed by atoms with Gasteiger partial charge in [-0.25, -0.2) is 4.98 Å². The van der Waals surface area contributed by atoms with E-state index in [9.17, 15) is 0 Å². The first kappa shape index (κ1) is 8.93. The fraction of sp³-hybridized carbons (Fsp3) is 0.286. The molecule has 0 aliphatic rings. The highest BCUT2D eigenvalue weighted by atomic mass is 35.5. The molecule has 0 fully saturated rings. The molecule has 1 aromatic heterocycles. The molecule has 4 nitrogen and oxygen atoms in total. The van der Waals surface area contributed by atoms with Gasteiger partial charge in [-0.05, 0) is 6.92 Å². The van der Waals surface area contributed by atoms with E-state index in [0.29, 0.717) is 12.3 Å². The van der Waals surface area contributed by atoms with Crippen molar-refractivity contribution >= 4 is 17.5 Å². The van der Waals surface area contributed by atoms with E-state index in [2.05, 4.69) is 9.97 Å². The van der Waals surface area contributed by atoms with E-state index in [0.717, 1.165) is 0 Å². The minimum Gasteiger partial charge on any atom is -0.477 e. The molecule has 0 saturated carbocycles. The molecular formula is C7H8ClN3O. The van der Waals surface area contributed by atoms with Crippen LogP contribution in [0.3, 0.4) is 0 Å². The lowest BCUT2D eigenvalue weighted by molar-refractivity contribution is 0.324. The van der Waals surface area contributed by atoms with Crippen LogP contribution in [0.25, 0.3) is 0 Å². The number of hydrogen-bond donors (Lipinski definition) is 1. The Bertz CT molecular complexity index is 290. The maximum atomic E-state index is 7.34. The fourth-order valence-electron chi connectivity index (χ4n) is 0.670. The Morgan fingerprint density at radius 1 is 1.67 bits per heavy atom. The quantitative estimate of drug-likeness (QED) is 0.561. The lowest BCUT2D eigenvalue weighted by Crippen LogP contribution is -2.07. The highest BCUT2D eigenvalue weighted by Crippen LogP contribution is 2.03. The van der Waals surface area contributed by atoms with Crippen LogP contribution in [-0.4, -0.2) is 22.5 Å². The molecule has 5 heteroatoms. The maximum Gasteiger partial charge on any atom is 0.234 e. The number of aromatic nitrogens is 2. The first-order valence-corrected chi connectivity index (χ1v) is 3.81. The SMILES string of the molecule is CCOC(=N)c1cncc(Cl)n1. The summed E-state index contributed by atoms with van der Waals surface area (Å²) in [4.78, 5) is 7.62. The predicted octanol–water partition coefficient (Wildman–Crippen LogP) is 1.49. The van der Waals surface area contributed by atoms with E-state index in [-0.39, 0.29) is 11.1 Å². The van der Waals surface area contributed by atoms with Crippen molar-refractivity contribution in [3.05, 3.63) is 23.2 Å². The largest absolute Gasteiger partial charge is 0.477 e. The molecule has 1 aromatic rings. The monoisotopic (exact) mass is 185 g/mol. The maximum absolute atomic E-state index is 7.34. The normalized spacial score (nSPS) is 9.50. The first-order chi connectivity index (χ1) is 5.74. The van der Waals surface area contributed by atoms with Gasteiger partial charge in [-0.3, -0.25) is 10.4 Å². The Hall–Kier alpha value is -1.16. The zero-order valence-electron chi connectivity index (χ0n) is 6.54. The molecule has 0 unspecified atom stereocenters. The summed E-state index contributed by atoms with van der Waals surface area (Å²) >= 11 is 5.56. The van der Waals surface area contributed by atoms with Gasteiger partial charge >= 0.3 is 0 Å². The summed E-state index contributed by atoms with van der Waals surface area (Å²) in [5.74, 6) is -0.00694. The molecule has 1 rings (SSSR count). The van der Waals surface area contributed by atoms with E-state index in [1.165, 1.54) is 12.4 Å². The summed E-state index contributed by atoms with van der Waals surface area (Å²) in [5.41, 5.74) is 0.351. The van der Waals surface area contributed by atoms with Crippen LogP contribution >= 0.6 is 11.6 Å². The van der Waals surface area contributed by atoms with Crippen LogP contribution in [0.2, 0.25) is 5.15 Å². The van der Waals surface area contributed by atoms with Crippen molar-refractivity contribution in [3.8, 4) is 0 Å². The van der Waals surface area contributed by atoms with E-state index >= 15 is 0 Å². The highest BCUT2D eigenvalue weighted by Gasteiger charge is 2.03. The summed E-state index contributed by atoms with van der Waals surface area (Å²) < 4.78 is 4.91. The minimum absolute atomic E-state index is 0.00694. The Labute approximate surface area is 75.1 Å². The van der Waals surface area contributed by atoms with Crippen LogP contribution in [0.15, 0.2) is 12.4 Å². The van der Waals surface area contributed by atoms with Gasteiger partial charge in [-0.1, -0.05) is 11.6 Å². The van der Waals surface area contributed by atoms with Crippen molar-refractivity contribution in [2.24, 2.45) is 0 Å². The van der Waals surface area contributed by atoms with Gasteiger partial charge in [-0.15, -0.1) is 0 Å². The summed E-state index contributed by atoms with van der Waals surface area (Å²) in [5, 5.41) is 7.60. The molecule has 12 heavy (non-hydrogen) atoms. The lowest BCUT2D eigenvalue weighted by Gasteiger charge is -2.02. The number of nitrogens with zero attached hydrogens (tertiary/aromatic N) is 2. The number of halogens is 1. The number of rotatable bonds is 2. The predicted molar refractivity (Wildman–Crippen MR) is 45.5 cm³/mol. The average molecular weight is 186 g/mol. The summed E-state index contributed by atoms with van der Waals surface area (Å²) in [6.07, 6.45) is 2.84. The van der Waals surface area contributed by atoms with Gasteiger partial charge in [0.05, 0.1) is 19.0 Å². The second-order valence-corrected chi connectivity index (χ2v) is 2.38. The van der Waals surface area contributed by atoms with E-state index in [4.69, 9.17) is 21.7 Å². The van der Waals surface area contributed by atoms with Crippen LogP contribution in [0.4, 0.5) is 0 Å². The van der Waals surface area contributed by atoms with Crippen molar-refractivity contribution < 1.29 is 4.74 Å². The third kappa shape index (κ3) is 2.17. The van der Waals surface area contributed by atoms with Crippen molar-refractivity contribution in [1.29, 1.82) is 5.41 Å². The van der Waals surface area contributed by atoms with Gasteiger partial charge in [0.2, 0.25) is 5.90 Å². The average Bonchev–Trinajstić information content (AvgIpc) is 2.05. The Morgan fingerprint density at radius 3 is 3.00 bits per heavy atom. The first-order valence-electron chi connectivity index (χ1n) is 3.43. The number of ether oxygens (including phenoxy) is 1. The number of nitrogens with one attached hydrogen (secondary N) is 1. The molecule has 1 heterocycles. The molecule has 0 amide bonds. The van der Waals surface area contributed by atoms with Gasteiger partial charge in [-0.2, -0.15) is 0 Å². The van der Waals surface area contributed by atoms with Gasteiger partial charge in [0.1, 0.15) is 10.8 Å². The van der Waals surface area contributed by atoms with Gasteiger partial charge in [0.25, 0.3) is 0 Å². The Morgan fingerprint density at radius 2 is 2.42 bits per heavy atom. The minimum atomic E-state index is -0.00694. The smallest absolute Gasteiger partial charge is 0.234 e. The molecule has 0 aliphatic heterocycles. The lowest BCUT2D eigenvalue weighted by atomic mass is 10.4. The summed E-state index contributed by atoms with van der Waals surface area (Å²) in [6.45, 7) is 2.24. The second kappa shape index (κ2) is 4.01. The van der Waals surface area contributed by atoms with Crippen molar-refractivity contribution in [2.45, 2.75) is 6.92 Å². The zero-order valence-corrected chi connectivity index (χ0v) is 7.30. The van der Waals surface area contributed by atoms with Gasteiger partial charge < -0.3 is 4.74 Å². The molecule has 0 bridgehead atoms. The van der Waals surface area contributed by atoms with E-state index in [1.54, 1.807) is 6.92 Å². The van der Waals surface area contributed by atoms with Crippen LogP contribution in [-0.2, 0) is 4.74 Å².